The molecule has 0 unspecified atom stereocenters. The number of nitriles is 1. The molecule has 0 saturated heterocycles. The maximum absolute atomic E-state index is 11.9. The van der Waals surface area contributed by atoms with E-state index in [2.05, 4.69) is 26.6 Å². The summed E-state index contributed by atoms with van der Waals surface area (Å²) in [6.45, 7) is 0.0962. The molecule has 0 bridgehead atoms. The second-order valence-electron chi connectivity index (χ2n) is 4.21. The Bertz CT molecular complexity index is 695. The van der Waals surface area contributed by atoms with E-state index in [0.717, 1.165) is 10.2 Å². The Morgan fingerprint density at radius 2 is 1.95 bits per heavy atom. The first-order valence-corrected chi connectivity index (χ1v) is 7.24. The first kappa shape index (κ1) is 15.4. The van der Waals surface area contributed by atoms with Gasteiger partial charge in [0, 0.05) is 15.2 Å². The lowest BCUT2D eigenvalue weighted by Gasteiger charge is -2.09. The summed E-state index contributed by atoms with van der Waals surface area (Å²) < 4.78 is 0.968. The SMILES string of the molecule is N#Cc1ccc(Cl)cc1NC(=O)CNc1ccc(Br)cc1. The molecule has 0 aliphatic heterocycles. The van der Waals surface area contributed by atoms with Crippen molar-refractivity contribution in [2.24, 2.45) is 0 Å². The van der Waals surface area contributed by atoms with Crippen molar-refractivity contribution in [3.05, 3.63) is 57.5 Å². The number of halogens is 2. The molecule has 0 spiro atoms. The number of rotatable bonds is 4. The van der Waals surface area contributed by atoms with Crippen LogP contribution in [0.2, 0.25) is 5.02 Å². The van der Waals surface area contributed by atoms with Crippen LogP contribution in [0.4, 0.5) is 11.4 Å². The van der Waals surface area contributed by atoms with E-state index in [1.54, 1.807) is 18.2 Å². The molecule has 0 radical (unpaired) electrons. The number of nitrogens with zero attached hydrogens (tertiary/aromatic N) is 1. The van der Waals surface area contributed by atoms with Gasteiger partial charge < -0.3 is 10.6 Å². The Labute approximate surface area is 135 Å². The van der Waals surface area contributed by atoms with Crippen molar-refractivity contribution in [3.8, 4) is 6.07 Å². The largest absolute Gasteiger partial charge is 0.376 e. The van der Waals surface area contributed by atoms with Gasteiger partial charge in [-0.3, -0.25) is 4.79 Å². The fourth-order valence-electron chi connectivity index (χ4n) is 1.66. The highest BCUT2D eigenvalue weighted by molar-refractivity contribution is 9.10. The average molecular weight is 365 g/mol. The number of hydrogen-bond donors (Lipinski definition) is 2. The Morgan fingerprint density at radius 3 is 2.62 bits per heavy atom. The Hall–Kier alpha value is -2.03. The summed E-state index contributed by atoms with van der Waals surface area (Å²) in [7, 11) is 0. The minimum absolute atomic E-state index is 0.0962. The second kappa shape index (κ2) is 7.11. The van der Waals surface area contributed by atoms with Crippen molar-refractivity contribution < 1.29 is 4.79 Å². The molecule has 0 fully saturated rings. The van der Waals surface area contributed by atoms with Gasteiger partial charge in [0.25, 0.3) is 0 Å². The molecule has 2 N–H and O–H groups in total. The molecule has 2 aromatic carbocycles. The molecule has 0 atom stereocenters. The van der Waals surface area contributed by atoms with Crippen LogP contribution in [0.5, 0.6) is 0 Å². The minimum atomic E-state index is -0.253. The monoisotopic (exact) mass is 363 g/mol. The number of anilines is 2. The number of carbonyl (C=O) groups excluding carboxylic acids is 1. The van der Waals surface area contributed by atoms with Gasteiger partial charge in [-0.2, -0.15) is 5.26 Å². The Morgan fingerprint density at radius 1 is 1.24 bits per heavy atom. The molecule has 6 heteroatoms. The van der Waals surface area contributed by atoms with Crippen LogP contribution in [0.1, 0.15) is 5.56 Å². The highest BCUT2D eigenvalue weighted by Gasteiger charge is 2.07. The zero-order chi connectivity index (χ0) is 15.2. The summed E-state index contributed by atoms with van der Waals surface area (Å²) in [5.41, 5.74) is 1.61. The number of benzene rings is 2. The van der Waals surface area contributed by atoms with Crippen LogP contribution >= 0.6 is 27.5 Å². The van der Waals surface area contributed by atoms with Crippen LogP contribution in [0.15, 0.2) is 46.9 Å². The third kappa shape index (κ3) is 4.48. The molecule has 2 rings (SSSR count). The first-order valence-electron chi connectivity index (χ1n) is 6.07. The summed E-state index contributed by atoms with van der Waals surface area (Å²) >= 11 is 9.21. The third-order valence-corrected chi connectivity index (χ3v) is 3.44. The standard InChI is InChI=1S/C15H11BrClN3O/c16-11-2-5-13(6-3-11)19-9-15(21)20-14-7-12(17)4-1-10(14)8-18/h1-7,19H,9H2,(H,20,21). The molecular formula is C15H11BrClN3O. The number of hydrogen-bond acceptors (Lipinski definition) is 3. The van der Waals surface area contributed by atoms with Gasteiger partial charge in [0.15, 0.2) is 0 Å². The molecule has 1 amide bonds. The van der Waals surface area contributed by atoms with E-state index in [4.69, 9.17) is 16.9 Å². The summed E-state index contributed by atoms with van der Waals surface area (Å²) in [5.74, 6) is -0.253. The van der Waals surface area contributed by atoms with E-state index in [1.165, 1.54) is 0 Å². The lowest BCUT2D eigenvalue weighted by molar-refractivity contribution is -0.114. The average Bonchev–Trinajstić information content (AvgIpc) is 2.47. The molecule has 106 valence electrons. The van der Waals surface area contributed by atoms with Gasteiger partial charge in [0.1, 0.15) is 6.07 Å². The fraction of sp³-hybridized carbons (Fsp3) is 0.0667. The van der Waals surface area contributed by atoms with Crippen LogP contribution in [-0.2, 0) is 4.79 Å². The molecule has 0 aliphatic rings. The Kier molecular flexibility index (Phi) is 5.20. The van der Waals surface area contributed by atoms with Crippen molar-refractivity contribution in [2.45, 2.75) is 0 Å². The maximum atomic E-state index is 11.9. The van der Waals surface area contributed by atoms with Crippen LogP contribution in [0.3, 0.4) is 0 Å². The quantitative estimate of drug-likeness (QED) is 0.861. The van der Waals surface area contributed by atoms with Crippen LogP contribution < -0.4 is 10.6 Å². The van der Waals surface area contributed by atoms with Crippen molar-refractivity contribution in [3.63, 3.8) is 0 Å². The predicted molar refractivity (Wildman–Crippen MR) is 87.4 cm³/mol. The fourth-order valence-corrected chi connectivity index (χ4v) is 2.10. The third-order valence-electron chi connectivity index (χ3n) is 2.67. The van der Waals surface area contributed by atoms with Crippen molar-refractivity contribution in [2.75, 3.05) is 17.2 Å². The highest BCUT2D eigenvalue weighted by atomic mass is 79.9. The Balaban J connectivity index is 1.97. The summed E-state index contributed by atoms with van der Waals surface area (Å²) in [4.78, 5) is 11.9. The van der Waals surface area contributed by atoms with Gasteiger partial charge in [0.2, 0.25) is 5.91 Å². The molecule has 4 nitrogen and oxygen atoms in total. The maximum Gasteiger partial charge on any atom is 0.243 e. The van der Waals surface area contributed by atoms with Gasteiger partial charge in [-0.05, 0) is 42.5 Å². The van der Waals surface area contributed by atoms with Gasteiger partial charge >= 0.3 is 0 Å². The lowest BCUT2D eigenvalue weighted by atomic mass is 10.2. The molecular weight excluding hydrogens is 354 g/mol. The molecule has 2 aromatic rings. The van der Waals surface area contributed by atoms with Gasteiger partial charge in [-0.25, -0.2) is 0 Å². The number of amides is 1. The van der Waals surface area contributed by atoms with Crippen LogP contribution in [-0.4, -0.2) is 12.5 Å². The number of nitrogens with one attached hydrogen (secondary N) is 2. The first-order chi connectivity index (χ1) is 10.1. The second-order valence-corrected chi connectivity index (χ2v) is 5.56. The highest BCUT2D eigenvalue weighted by Crippen LogP contribution is 2.20. The van der Waals surface area contributed by atoms with Gasteiger partial charge in [-0.1, -0.05) is 27.5 Å². The molecule has 0 heterocycles. The van der Waals surface area contributed by atoms with E-state index in [1.807, 2.05) is 30.3 Å². The van der Waals surface area contributed by atoms with E-state index in [0.29, 0.717) is 16.3 Å². The number of carbonyl (C=O) groups is 1. The van der Waals surface area contributed by atoms with E-state index in [-0.39, 0.29) is 12.5 Å². The zero-order valence-electron chi connectivity index (χ0n) is 10.9. The summed E-state index contributed by atoms with van der Waals surface area (Å²) in [6.07, 6.45) is 0. The van der Waals surface area contributed by atoms with E-state index < -0.39 is 0 Å². The van der Waals surface area contributed by atoms with Gasteiger partial charge in [0.05, 0.1) is 17.8 Å². The van der Waals surface area contributed by atoms with Crippen molar-refractivity contribution >= 4 is 44.8 Å². The molecule has 0 saturated carbocycles. The molecule has 21 heavy (non-hydrogen) atoms. The normalized spacial score (nSPS) is 9.76. The van der Waals surface area contributed by atoms with Crippen molar-refractivity contribution in [1.29, 1.82) is 5.26 Å². The van der Waals surface area contributed by atoms with Gasteiger partial charge in [-0.15, -0.1) is 0 Å². The summed E-state index contributed by atoms with van der Waals surface area (Å²) in [6, 6.07) is 14.2. The minimum Gasteiger partial charge on any atom is -0.376 e. The zero-order valence-corrected chi connectivity index (χ0v) is 13.2. The predicted octanol–water partition coefficient (Wildman–Crippen LogP) is 4.02. The molecule has 0 aliphatic carbocycles. The lowest BCUT2D eigenvalue weighted by Crippen LogP contribution is -2.22. The van der Waals surface area contributed by atoms with Crippen LogP contribution in [0, 0.1) is 11.3 Å². The molecule has 0 aromatic heterocycles. The van der Waals surface area contributed by atoms with E-state index >= 15 is 0 Å². The smallest absolute Gasteiger partial charge is 0.243 e. The summed E-state index contributed by atoms with van der Waals surface area (Å²) in [5, 5.41) is 15.1. The van der Waals surface area contributed by atoms with Crippen LogP contribution in [0.25, 0.3) is 0 Å². The topological polar surface area (TPSA) is 64.9 Å². The van der Waals surface area contributed by atoms with Crippen molar-refractivity contribution in [1.82, 2.24) is 0 Å². The van der Waals surface area contributed by atoms with E-state index in [9.17, 15) is 4.79 Å².